The van der Waals surface area contributed by atoms with Crippen molar-refractivity contribution in [1.29, 1.82) is 0 Å². The molecule has 1 aromatic rings. The van der Waals surface area contributed by atoms with E-state index in [0.29, 0.717) is 12.1 Å². The molecule has 0 bridgehead atoms. The molecule has 1 N–H and O–H groups in total. The first-order valence-corrected chi connectivity index (χ1v) is 6.66. The van der Waals surface area contributed by atoms with Crippen LogP contribution in [0.3, 0.4) is 0 Å². The average Bonchev–Trinajstić information content (AvgIpc) is 2.59. The summed E-state index contributed by atoms with van der Waals surface area (Å²) >= 11 is 0. The Hall–Kier alpha value is -1.39. The first-order chi connectivity index (χ1) is 8.83. The van der Waals surface area contributed by atoms with E-state index in [2.05, 4.69) is 16.3 Å². The highest BCUT2D eigenvalue weighted by molar-refractivity contribution is 5.98. The molecule has 2 fully saturated rings. The van der Waals surface area contributed by atoms with Gasteiger partial charge in [-0.05, 0) is 11.6 Å². The summed E-state index contributed by atoms with van der Waals surface area (Å²) in [6.07, 6.45) is 0. The smallest absolute Gasteiger partial charge is 0.254 e. The molecular weight excluding hydrogens is 226 g/mol. The lowest BCUT2D eigenvalue weighted by atomic mass is 10.0. The van der Waals surface area contributed by atoms with Crippen LogP contribution in [0.25, 0.3) is 0 Å². The first kappa shape index (κ1) is 10.5. The van der Waals surface area contributed by atoms with E-state index in [9.17, 15) is 4.79 Å². The van der Waals surface area contributed by atoms with Crippen LogP contribution in [0.2, 0.25) is 0 Å². The van der Waals surface area contributed by atoms with Gasteiger partial charge in [0.15, 0.2) is 0 Å². The third-order valence-electron chi connectivity index (χ3n) is 4.46. The molecule has 3 heterocycles. The zero-order chi connectivity index (χ0) is 12.1. The van der Waals surface area contributed by atoms with Gasteiger partial charge in [0.25, 0.3) is 5.91 Å². The summed E-state index contributed by atoms with van der Waals surface area (Å²) in [5.41, 5.74) is 2.09. The van der Waals surface area contributed by atoms with Crippen LogP contribution in [0.5, 0.6) is 0 Å². The Morgan fingerprint density at radius 3 is 2.56 bits per heavy atom. The van der Waals surface area contributed by atoms with Gasteiger partial charge in [-0.3, -0.25) is 9.69 Å². The molecule has 1 aromatic carbocycles. The van der Waals surface area contributed by atoms with Crippen molar-refractivity contribution >= 4 is 5.91 Å². The number of hydrogen-bond acceptors (Lipinski definition) is 3. The fourth-order valence-corrected chi connectivity index (χ4v) is 3.09. The number of rotatable bonds is 2. The third-order valence-corrected chi connectivity index (χ3v) is 4.46. The van der Waals surface area contributed by atoms with Gasteiger partial charge in [0.1, 0.15) is 0 Å². The van der Waals surface area contributed by atoms with E-state index in [1.165, 1.54) is 5.56 Å². The van der Waals surface area contributed by atoms with Crippen molar-refractivity contribution < 1.29 is 4.79 Å². The maximum Gasteiger partial charge on any atom is 0.254 e. The standard InChI is InChI=1S/C14H17N3O/c18-14-13-4-2-1-3-10(13)7-17(14)12-8-16(9-12)11-5-15-6-11/h1-4,11-12,15H,5-9H2. The second kappa shape index (κ2) is 3.80. The van der Waals surface area contributed by atoms with E-state index in [4.69, 9.17) is 0 Å². The van der Waals surface area contributed by atoms with Gasteiger partial charge in [0.05, 0.1) is 6.04 Å². The zero-order valence-electron chi connectivity index (χ0n) is 10.3. The Bertz CT molecular complexity index is 492. The molecule has 0 aromatic heterocycles. The Morgan fingerprint density at radius 1 is 1.11 bits per heavy atom. The van der Waals surface area contributed by atoms with Crippen LogP contribution < -0.4 is 5.32 Å². The molecule has 0 aliphatic carbocycles. The summed E-state index contributed by atoms with van der Waals surface area (Å²) < 4.78 is 0. The van der Waals surface area contributed by atoms with Crippen LogP contribution in [0.4, 0.5) is 0 Å². The van der Waals surface area contributed by atoms with Crippen LogP contribution in [0, 0.1) is 0 Å². The van der Waals surface area contributed by atoms with Crippen LogP contribution in [-0.4, -0.2) is 54.0 Å². The van der Waals surface area contributed by atoms with Crippen molar-refractivity contribution in [3.8, 4) is 0 Å². The third kappa shape index (κ3) is 1.42. The number of carbonyl (C=O) groups excluding carboxylic acids is 1. The number of likely N-dealkylation sites (tertiary alicyclic amines) is 1. The van der Waals surface area contributed by atoms with Gasteiger partial charge < -0.3 is 10.2 Å². The lowest BCUT2D eigenvalue weighted by molar-refractivity contribution is -0.00451. The van der Waals surface area contributed by atoms with E-state index >= 15 is 0 Å². The second-order valence-electron chi connectivity index (χ2n) is 5.51. The largest absolute Gasteiger partial charge is 0.329 e. The van der Waals surface area contributed by atoms with E-state index in [0.717, 1.165) is 38.3 Å². The van der Waals surface area contributed by atoms with E-state index < -0.39 is 0 Å². The minimum Gasteiger partial charge on any atom is -0.329 e. The molecule has 3 aliphatic heterocycles. The van der Waals surface area contributed by atoms with Crippen LogP contribution >= 0.6 is 0 Å². The Labute approximate surface area is 107 Å². The molecule has 0 spiro atoms. The summed E-state index contributed by atoms with van der Waals surface area (Å²) in [6.45, 7) is 5.12. The molecule has 0 radical (unpaired) electrons. The van der Waals surface area contributed by atoms with Crippen LogP contribution in [0.15, 0.2) is 24.3 Å². The van der Waals surface area contributed by atoms with Gasteiger partial charge in [0.2, 0.25) is 0 Å². The van der Waals surface area contributed by atoms with Crippen LogP contribution in [0.1, 0.15) is 15.9 Å². The van der Waals surface area contributed by atoms with Gasteiger partial charge in [-0.15, -0.1) is 0 Å². The van der Waals surface area contributed by atoms with Crippen molar-refractivity contribution in [2.24, 2.45) is 0 Å². The molecule has 94 valence electrons. The molecule has 4 rings (SSSR count). The highest BCUT2D eigenvalue weighted by Gasteiger charge is 2.42. The van der Waals surface area contributed by atoms with E-state index in [-0.39, 0.29) is 5.91 Å². The maximum atomic E-state index is 12.3. The number of amides is 1. The summed E-state index contributed by atoms with van der Waals surface area (Å²) in [7, 11) is 0. The van der Waals surface area contributed by atoms with Crippen LogP contribution in [-0.2, 0) is 6.54 Å². The van der Waals surface area contributed by atoms with Crippen molar-refractivity contribution in [2.45, 2.75) is 18.6 Å². The van der Waals surface area contributed by atoms with Crippen molar-refractivity contribution in [1.82, 2.24) is 15.1 Å². The molecule has 4 heteroatoms. The number of benzene rings is 1. The maximum absolute atomic E-state index is 12.3. The molecule has 0 atom stereocenters. The molecule has 0 unspecified atom stereocenters. The number of hydrogen-bond donors (Lipinski definition) is 1. The SMILES string of the molecule is O=C1c2ccccc2CN1C1CN(C2CNC2)C1. The number of fused-ring (bicyclic) bond motifs is 1. The highest BCUT2D eigenvalue weighted by Crippen LogP contribution is 2.28. The van der Waals surface area contributed by atoms with Crippen molar-refractivity contribution in [2.75, 3.05) is 26.2 Å². The normalized spacial score (nSPS) is 24.9. The summed E-state index contributed by atoms with van der Waals surface area (Å²) in [6, 6.07) is 9.12. The Balaban J connectivity index is 1.45. The minimum absolute atomic E-state index is 0.224. The topological polar surface area (TPSA) is 35.6 Å². The Morgan fingerprint density at radius 2 is 1.89 bits per heavy atom. The molecule has 3 aliphatic rings. The summed E-state index contributed by atoms with van der Waals surface area (Å²) in [5, 5.41) is 3.30. The average molecular weight is 243 g/mol. The van der Waals surface area contributed by atoms with Gasteiger partial charge in [0, 0.05) is 44.3 Å². The Kier molecular flexibility index (Phi) is 2.22. The molecule has 18 heavy (non-hydrogen) atoms. The first-order valence-electron chi connectivity index (χ1n) is 6.66. The van der Waals surface area contributed by atoms with Gasteiger partial charge in [-0.25, -0.2) is 0 Å². The minimum atomic E-state index is 0.224. The monoisotopic (exact) mass is 243 g/mol. The molecule has 0 saturated carbocycles. The lowest BCUT2D eigenvalue weighted by Crippen LogP contribution is -2.68. The number of nitrogens with one attached hydrogen (secondary N) is 1. The predicted molar refractivity (Wildman–Crippen MR) is 68.3 cm³/mol. The van der Waals surface area contributed by atoms with E-state index in [1.807, 2.05) is 23.1 Å². The van der Waals surface area contributed by atoms with Crippen molar-refractivity contribution in [3.05, 3.63) is 35.4 Å². The fourth-order valence-electron chi connectivity index (χ4n) is 3.09. The molecule has 4 nitrogen and oxygen atoms in total. The van der Waals surface area contributed by atoms with Gasteiger partial charge in [-0.2, -0.15) is 0 Å². The van der Waals surface area contributed by atoms with Gasteiger partial charge >= 0.3 is 0 Å². The van der Waals surface area contributed by atoms with Crippen molar-refractivity contribution in [3.63, 3.8) is 0 Å². The highest BCUT2D eigenvalue weighted by atomic mass is 16.2. The zero-order valence-corrected chi connectivity index (χ0v) is 10.3. The second-order valence-corrected chi connectivity index (χ2v) is 5.51. The molecule has 1 amide bonds. The number of nitrogens with zero attached hydrogens (tertiary/aromatic N) is 2. The lowest BCUT2D eigenvalue weighted by Gasteiger charge is -2.50. The quantitative estimate of drug-likeness (QED) is 0.811. The summed E-state index contributed by atoms with van der Waals surface area (Å²) in [5.74, 6) is 0.224. The summed E-state index contributed by atoms with van der Waals surface area (Å²) in [4.78, 5) is 16.8. The molecule has 2 saturated heterocycles. The van der Waals surface area contributed by atoms with Gasteiger partial charge in [-0.1, -0.05) is 18.2 Å². The fraction of sp³-hybridized carbons (Fsp3) is 0.500. The molecular formula is C14H17N3O. The number of carbonyl (C=O) groups is 1. The predicted octanol–water partition coefficient (Wildman–Crippen LogP) is 0.298. The van der Waals surface area contributed by atoms with E-state index in [1.54, 1.807) is 0 Å².